The average Bonchev–Trinajstić information content (AvgIpc) is 2.34. The molecular formula is C12H21N5O. The van der Waals surface area contributed by atoms with E-state index in [0.717, 1.165) is 13.0 Å². The van der Waals surface area contributed by atoms with Gasteiger partial charge in [-0.05, 0) is 26.3 Å². The van der Waals surface area contributed by atoms with Crippen molar-refractivity contribution in [2.75, 3.05) is 23.7 Å². The van der Waals surface area contributed by atoms with Crippen LogP contribution in [0, 0.1) is 5.41 Å². The molecule has 0 radical (unpaired) electrons. The number of hydrogen-bond donors (Lipinski definition) is 3. The molecule has 0 atom stereocenters. The van der Waals surface area contributed by atoms with E-state index in [2.05, 4.69) is 27.5 Å². The molecule has 0 saturated heterocycles. The number of aromatic nitrogens is 2. The van der Waals surface area contributed by atoms with Crippen LogP contribution in [0.4, 0.5) is 11.8 Å². The van der Waals surface area contributed by atoms with Gasteiger partial charge in [-0.1, -0.05) is 6.92 Å². The zero-order chi connectivity index (χ0) is 13.6. The van der Waals surface area contributed by atoms with E-state index in [1.165, 1.54) is 0 Å². The van der Waals surface area contributed by atoms with Gasteiger partial charge in [0.15, 0.2) is 0 Å². The van der Waals surface area contributed by atoms with Crippen molar-refractivity contribution in [2.45, 2.75) is 27.2 Å². The highest BCUT2D eigenvalue weighted by Gasteiger charge is 2.24. The molecule has 6 nitrogen and oxygen atoms in total. The third kappa shape index (κ3) is 4.20. The highest BCUT2D eigenvalue weighted by molar-refractivity contribution is 5.80. The second kappa shape index (κ2) is 6.18. The molecule has 0 unspecified atom stereocenters. The van der Waals surface area contributed by atoms with Gasteiger partial charge in [0.2, 0.25) is 11.9 Å². The predicted octanol–water partition coefficient (Wildman–Crippen LogP) is 1.22. The molecule has 1 heterocycles. The van der Waals surface area contributed by atoms with Crippen molar-refractivity contribution in [2.24, 2.45) is 11.1 Å². The topological polar surface area (TPSA) is 92.9 Å². The lowest BCUT2D eigenvalue weighted by Crippen LogP contribution is -2.37. The lowest BCUT2D eigenvalue weighted by atomic mass is 9.93. The Labute approximate surface area is 107 Å². The summed E-state index contributed by atoms with van der Waals surface area (Å²) < 4.78 is 0. The summed E-state index contributed by atoms with van der Waals surface area (Å²) in [5.41, 5.74) is 4.70. The van der Waals surface area contributed by atoms with E-state index < -0.39 is 5.41 Å². The lowest BCUT2D eigenvalue weighted by Gasteiger charge is -2.21. The average molecular weight is 251 g/mol. The number of nitrogens with two attached hydrogens (primary N) is 1. The smallest absolute Gasteiger partial charge is 0.224 e. The SMILES string of the molecule is CCCNc1nccc(NCC(C)(C)C(N)=O)n1. The number of anilines is 2. The summed E-state index contributed by atoms with van der Waals surface area (Å²) in [5, 5.41) is 6.19. The van der Waals surface area contributed by atoms with Crippen LogP contribution in [0.5, 0.6) is 0 Å². The van der Waals surface area contributed by atoms with E-state index in [4.69, 9.17) is 5.73 Å². The fraction of sp³-hybridized carbons (Fsp3) is 0.583. The lowest BCUT2D eigenvalue weighted by molar-refractivity contribution is -0.125. The fourth-order valence-electron chi connectivity index (χ4n) is 1.18. The number of nitrogens with zero attached hydrogens (tertiary/aromatic N) is 2. The van der Waals surface area contributed by atoms with Crippen LogP contribution in [0.25, 0.3) is 0 Å². The number of nitrogens with one attached hydrogen (secondary N) is 2. The van der Waals surface area contributed by atoms with E-state index in [-0.39, 0.29) is 5.91 Å². The molecule has 0 aromatic carbocycles. The van der Waals surface area contributed by atoms with Gasteiger partial charge in [0.25, 0.3) is 0 Å². The van der Waals surface area contributed by atoms with Gasteiger partial charge in [-0.3, -0.25) is 4.79 Å². The number of carbonyl (C=O) groups is 1. The molecule has 100 valence electrons. The number of amides is 1. The highest BCUT2D eigenvalue weighted by Crippen LogP contribution is 2.15. The largest absolute Gasteiger partial charge is 0.369 e. The first-order valence-electron chi connectivity index (χ1n) is 6.06. The van der Waals surface area contributed by atoms with Gasteiger partial charge in [-0.2, -0.15) is 4.98 Å². The van der Waals surface area contributed by atoms with Crippen molar-refractivity contribution < 1.29 is 4.79 Å². The molecule has 1 aromatic rings. The first-order chi connectivity index (χ1) is 8.45. The molecule has 0 aliphatic carbocycles. The minimum atomic E-state index is -0.609. The maximum atomic E-state index is 11.2. The van der Waals surface area contributed by atoms with Gasteiger partial charge in [0.1, 0.15) is 5.82 Å². The van der Waals surface area contributed by atoms with Gasteiger partial charge in [0.05, 0.1) is 5.41 Å². The summed E-state index contributed by atoms with van der Waals surface area (Å²) in [6.07, 6.45) is 2.68. The molecular weight excluding hydrogens is 230 g/mol. The maximum Gasteiger partial charge on any atom is 0.224 e. The van der Waals surface area contributed by atoms with Crippen LogP contribution in [-0.4, -0.2) is 29.0 Å². The van der Waals surface area contributed by atoms with E-state index >= 15 is 0 Å². The van der Waals surface area contributed by atoms with Crippen LogP contribution < -0.4 is 16.4 Å². The van der Waals surface area contributed by atoms with Crippen LogP contribution in [0.15, 0.2) is 12.3 Å². The summed E-state index contributed by atoms with van der Waals surface area (Å²) >= 11 is 0. The second-order valence-corrected chi connectivity index (χ2v) is 4.79. The molecule has 1 rings (SSSR count). The summed E-state index contributed by atoms with van der Waals surface area (Å²) in [6, 6.07) is 1.76. The van der Waals surface area contributed by atoms with Gasteiger partial charge in [-0.25, -0.2) is 4.98 Å². The third-order valence-corrected chi connectivity index (χ3v) is 2.57. The van der Waals surface area contributed by atoms with Crippen molar-refractivity contribution >= 4 is 17.7 Å². The molecule has 1 amide bonds. The number of hydrogen-bond acceptors (Lipinski definition) is 5. The van der Waals surface area contributed by atoms with Crippen LogP contribution in [0.1, 0.15) is 27.2 Å². The zero-order valence-corrected chi connectivity index (χ0v) is 11.2. The van der Waals surface area contributed by atoms with Crippen molar-refractivity contribution in [3.05, 3.63) is 12.3 Å². The first kappa shape index (κ1) is 14.2. The molecule has 0 saturated carbocycles. The standard InChI is InChI=1S/C12H21N5O/c1-4-6-14-11-15-7-5-9(17-11)16-8-12(2,3)10(13)18/h5,7H,4,6,8H2,1-3H3,(H2,13,18)(H2,14,15,16,17). The summed E-state index contributed by atoms with van der Waals surface area (Å²) in [5.74, 6) is 0.921. The Hall–Kier alpha value is -1.85. The van der Waals surface area contributed by atoms with Crippen LogP contribution >= 0.6 is 0 Å². The normalized spacial score (nSPS) is 11.1. The molecule has 0 fully saturated rings. The van der Waals surface area contributed by atoms with E-state index in [9.17, 15) is 4.79 Å². The molecule has 0 aliphatic heterocycles. The molecule has 1 aromatic heterocycles. The Balaban J connectivity index is 2.60. The van der Waals surface area contributed by atoms with Gasteiger partial charge in [0, 0.05) is 19.3 Å². The van der Waals surface area contributed by atoms with Crippen molar-refractivity contribution in [1.29, 1.82) is 0 Å². The Morgan fingerprint density at radius 1 is 1.44 bits per heavy atom. The second-order valence-electron chi connectivity index (χ2n) is 4.79. The fourth-order valence-corrected chi connectivity index (χ4v) is 1.18. The Morgan fingerprint density at radius 2 is 2.17 bits per heavy atom. The predicted molar refractivity (Wildman–Crippen MR) is 72.3 cm³/mol. The minimum Gasteiger partial charge on any atom is -0.369 e. The first-order valence-corrected chi connectivity index (χ1v) is 6.06. The number of primary amides is 1. The summed E-state index contributed by atoms with van der Waals surface area (Å²) in [6.45, 7) is 6.92. The Kier molecular flexibility index (Phi) is 4.88. The van der Waals surface area contributed by atoms with E-state index in [1.807, 2.05) is 0 Å². The van der Waals surface area contributed by atoms with Gasteiger partial charge < -0.3 is 16.4 Å². The quantitative estimate of drug-likeness (QED) is 0.677. The molecule has 0 bridgehead atoms. The number of rotatable bonds is 7. The summed E-state index contributed by atoms with van der Waals surface area (Å²) in [7, 11) is 0. The molecule has 0 aliphatic rings. The molecule has 6 heteroatoms. The Bertz CT molecular complexity index is 405. The van der Waals surface area contributed by atoms with Crippen LogP contribution in [0.2, 0.25) is 0 Å². The minimum absolute atomic E-state index is 0.339. The van der Waals surface area contributed by atoms with E-state index in [1.54, 1.807) is 26.1 Å². The van der Waals surface area contributed by atoms with Crippen molar-refractivity contribution in [1.82, 2.24) is 9.97 Å². The molecule has 18 heavy (non-hydrogen) atoms. The van der Waals surface area contributed by atoms with Gasteiger partial charge in [-0.15, -0.1) is 0 Å². The number of carbonyl (C=O) groups excluding carboxylic acids is 1. The van der Waals surface area contributed by atoms with E-state index in [0.29, 0.717) is 18.3 Å². The zero-order valence-electron chi connectivity index (χ0n) is 11.2. The van der Waals surface area contributed by atoms with Crippen molar-refractivity contribution in [3.8, 4) is 0 Å². The monoisotopic (exact) mass is 251 g/mol. The third-order valence-electron chi connectivity index (χ3n) is 2.57. The van der Waals surface area contributed by atoms with Crippen molar-refractivity contribution in [3.63, 3.8) is 0 Å². The molecule has 0 spiro atoms. The molecule has 4 N–H and O–H groups in total. The Morgan fingerprint density at radius 3 is 2.78 bits per heavy atom. The van der Waals surface area contributed by atoms with Crippen LogP contribution in [0.3, 0.4) is 0 Å². The van der Waals surface area contributed by atoms with Gasteiger partial charge >= 0.3 is 0 Å². The summed E-state index contributed by atoms with van der Waals surface area (Å²) in [4.78, 5) is 19.6. The van der Waals surface area contributed by atoms with Crippen LogP contribution in [-0.2, 0) is 4.79 Å². The highest BCUT2D eigenvalue weighted by atomic mass is 16.1. The maximum absolute atomic E-state index is 11.2.